The molecule has 100 valence electrons. The van der Waals surface area contributed by atoms with Gasteiger partial charge in [-0.05, 0) is 26.0 Å². The Kier molecular flexibility index (Phi) is 3.94. The van der Waals surface area contributed by atoms with Crippen LogP contribution in [0.4, 0.5) is 0 Å². The Morgan fingerprint density at radius 2 is 1.89 bits per heavy atom. The van der Waals surface area contributed by atoms with E-state index in [0.29, 0.717) is 30.2 Å². The molecule has 1 aromatic heterocycles. The maximum atomic E-state index is 12.0. The lowest BCUT2D eigenvalue weighted by atomic mass is 10.1. The molecule has 1 amide bonds. The number of carbonyl (C=O) groups excluding carboxylic acids is 1. The van der Waals surface area contributed by atoms with Gasteiger partial charge in [-0.15, -0.1) is 0 Å². The quantitative estimate of drug-likeness (QED) is 0.911. The smallest absolute Gasteiger partial charge is 0.251 e. The predicted molar refractivity (Wildman–Crippen MR) is 71.0 cm³/mol. The Morgan fingerprint density at radius 3 is 2.47 bits per heavy atom. The van der Waals surface area contributed by atoms with Crippen molar-refractivity contribution in [1.29, 1.82) is 0 Å². The van der Waals surface area contributed by atoms with Gasteiger partial charge in [0.25, 0.3) is 5.91 Å². The highest BCUT2D eigenvalue weighted by Crippen LogP contribution is 2.08. The second-order valence-corrected chi connectivity index (χ2v) is 4.61. The molecule has 0 aliphatic carbocycles. The van der Waals surface area contributed by atoms with Crippen molar-refractivity contribution in [1.82, 2.24) is 15.5 Å². The highest BCUT2D eigenvalue weighted by Gasteiger charge is 2.07. The fourth-order valence-corrected chi connectivity index (χ4v) is 1.94. The van der Waals surface area contributed by atoms with Crippen molar-refractivity contribution in [3.05, 3.63) is 46.6 Å². The van der Waals surface area contributed by atoms with Gasteiger partial charge in [-0.25, -0.2) is 0 Å². The van der Waals surface area contributed by atoms with Crippen LogP contribution in [0.5, 0.6) is 0 Å². The van der Waals surface area contributed by atoms with Crippen LogP contribution in [-0.2, 0) is 6.42 Å². The average molecular weight is 259 g/mol. The largest absolute Gasteiger partial charge is 0.352 e. The van der Waals surface area contributed by atoms with E-state index in [1.807, 2.05) is 32.0 Å². The van der Waals surface area contributed by atoms with E-state index in [2.05, 4.69) is 15.5 Å². The molecule has 1 N–H and O–H groups in total. The van der Waals surface area contributed by atoms with Crippen molar-refractivity contribution >= 4 is 5.91 Å². The standard InChI is InChI=1S/C14H17N3O2/c1-9-6-10(2)8-12(7-9)14(18)15-5-4-13-16-11(3)19-17-13/h6-8H,4-5H2,1-3H3,(H,15,18). The second-order valence-electron chi connectivity index (χ2n) is 4.61. The molecule has 0 aliphatic rings. The predicted octanol–water partition coefficient (Wildman–Crippen LogP) is 1.97. The number of nitrogens with one attached hydrogen (secondary N) is 1. The summed E-state index contributed by atoms with van der Waals surface area (Å²) in [5.74, 6) is 1.07. The molecule has 0 aliphatic heterocycles. The molecule has 0 saturated carbocycles. The number of hydrogen-bond acceptors (Lipinski definition) is 4. The minimum absolute atomic E-state index is 0.0768. The first kappa shape index (κ1) is 13.3. The number of nitrogens with zero attached hydrogens (tertiary/aromatic N) is 2. The van der Waals surface area contributed by atoms with E-state index in [-0.39, 0.29) is 5.91 Å². The van der Waals surface area contributed by atoms with Gasteiger partial charge in [0.15, 0.2) is 5.82 Å². The summed E-state index contributed by atoms with van der Waals surface area (Å²) in [6.45, 7) is 6.19. The summed E-state index contributed by atoms with van der Waals surface area (Å²) >= 11 is 0. The Morgan fingerprint density at radius 1 is 1.21 bits per heavy atom. The molecular weight excluding hydrogens is 242 g/mol. The Balaban J connectivity index is 1.90. The van der Waals surface area contributed by atoms with Crippen LogP contribution < -0.4 is 5.32 Å². The van der Waals surface area contributed by atoms with E-state index in [0.717, 1.165) is 11.1 Å². The SMILES string of the molecule is Cc1cc(C)cc(C(=O)NCCc2noc(C)n2)c1. The summed E-state index contributed by atoms with van der Waals surface area (Å²) in [4.78, 5) is 16.0. The van der Waals surface area contributed by atoms with Crippen LogP contribution in [0.3, 0.4) is 0 Å². The van der Waals surface area contributed by atoms with Crippen molar-refractivity contribution < 1.29 is 9.32 Å². The van der Waals surface area contributed by atoms with E-state index in [9.17, 15) is 4.79 Å². The van der Waals surface area contributed by atoms with Crippen LogP contribution in [0.2, 0.25) is 0 Å². The summed E-state index contributed by atoms with van der Waals surface area (Å²) < 4.78 is 4.86. The van der Waals surface area contributed by atoms with Gasteiger partial charge in [0.2, 0.25) is 5.89 Å². The Bertz CT molecular complexity index is 570. The number of aromatic nitrogens is 2. The molecule has 0 fully saturated rings. The van der Waals surface area contributed by atoms with Crippen molar-refractivity contribution in [2.24, 2.45) is 0 Å². The van der Waals surface area contributed by atoms with Crippen LogP contribution in [0, 0.1) is 20.8 Å². The van der Waals surface area contributed by atoms with E-state index >= 15 is 0 Å². The van der Waals surface area contributed by atoms with Crippen molar-refractivity contribution in [2.45, 2.75) is 27.2 Å². The van der Waals surface area contributed by atoms with Crippen molar-refractivity contribution in [3.63, 3.8) is 0 Å². The fourth-order valence-electron chi connectivity index (χ4n) is 1.94. The Hall–Kier alpha value is -2.17. The lowest BCUT2D eigenvalue weighted by Gasteiger charge is -2.06. The highest BCUT2D eigenvalue weighted by molar-refractivity contribution is 5.94. The minimum Gasteiger partial charge on any atom is -0.352 e. The van der Waals surface area contributed by atoms with Gasteiger partial charge in [0.1, 0.15) is 0 Å². The number of aryl methyl sites for hydroxylation is 3. The summed E-state index contributed by atoms with van der Waals surface area (Å²) in [6.07, 6.45) is 0.563. The van der Waals surface area contributed by atoms with Gasteiger partial charge in [0, 0.05) is 25.5 Å². The molecule has 2 aromatic rings. The van der Waals surface area contributed by atoms with Crippen LogP contribution in [-0.4, -0.2) is 22.6 Å². The third-order valence-corrected chi connectivity index (χ3v) is 2.69. The highest BCUT2D eigenvalue weighted by atomic mass is 16.5. The van der Waals surface area contributed by atoms with E-state index in [1.165, 1.54) is 0 Å². The van der Waals surface area contributed by atoms with Gasteiger partial charge in [-0.1, -0.05) is 22.3 Å². The van der Waals surface area contributed by atoms with Crippen LogP contribution in [0.25, 0.3) is 0 Å². The fraction of sp³-hybridized carbons (Fsp3) is 0.357. The molecule has 1 aromatic carbocycles. The number of hydrogen-bond donors (Lipinski definition) is 1. The lowest BCUT2D eigenvalue weighted by Crippen LogP contribution is -2.26. The van der Waals surface area contributed by atoms with Crippen LogP contribution >= 0.6 is 0 Å². The molecule has 1 heterocycles. The molecule has 0 atom stereocenters. The number of carbonyl (C=O) groups is 1. The number of amides is 1. The van der Waals surface area contributed by atoms with Crippen LogP contribution in [0.1, 0.15) is 33.2 Å². The number of rotatable bonds is 4. The van der Waals surface area contributed by atoms with Gasteiger partial charge >= 0.3 is 0 Å². The summed E-state index contributed by atoms with van der Waals surface area (Å²) in [5, 5.41) is 6.63. The van der Waals surface area contributed by atoms with E-state index < -0.39 is 0 Å². The van der Waals surface area contributed by atoms with Crippen molar-refractivity contribution in [2.75, 3.05) is 6.54 Å². The molecule has 2 rings (SSSR count). The molecular formula is C14H17N3O2. The van der Waals surface area contributed by atoms with Gasteiger partial charge in [-0.2, -0.15) is 4.98 Å². The van der Waals surface area contributed by atoms with Gasteiger partial charge in [0.05, 0.1) is 0 Å². The number of benzene rings is 1. The second kappa shape index (κ2) is 5.65. The maximum Gasteiger partial charge on any atom is 0.251 e. The zero-order valence-corrected chi connectivity index (χ0v) is 11.4. The first-order chi connectivity index (χ1) is 9.04. The van der Waals surface area contributed by atoms with Gasteiger partial charge < -0.3 is 9.84 Å². The molecule has 5 nitrogen and oxygen atoms in total. The first-order valence-electron chi connectivity index (χ1n) is 6.20. The van der Waals surface area contributed by atoms with Crippen LogP contribution in [0.15, 0.2) is 22.7 Å². The first-order valence-corrected chi connectivity index (χ1v) is 6.20. The molecule has 0 saturated heterocycles. The van der Waals surface area contributed by atoms with Crippen molar-refractivity contribution in [3.8, 4) is 0 Å². The van der Waals surface area contributed by atoms with Gasteiger partial charge in [-0.3, -0.25) is 4.79 Å². The molecule has 0 unspecified atom stereocenters. The molecule has 0 spiro atoms. The minimum atomic E-state index is -0.0768. The Labute approximate surface area is 112 Å². The molecule has 0 radical (unpaired) electrons. The van der Waals surface area contributed by atoms with E-state index in [4.69, 9.17) is 4.52 Å². The zero-order valence-electron chi connectivity index (χ0n) is 11.4. The molecule has 0 bridgehead atoms. The molecule has 5 heteroatoms. The monoisotopic (exact) mass is 259 g/mol. The maximum absolute atomic E-state index is 12.0. The normalized spacial score (nSPS) is 10.5. The molecule has 19 heavy (non-hydrogen) atoms. The topological polar surface area (TPSA) is 68.0 Å². The summed E-state index contributed by atoms with van der Waals surface area (Å²) in [6, 6.07) is 5.79. The summed E-state index contributed by atoms with van der Waals surface area (Å²) in [5.41, 5.74) is 2.85. The third-order valence-electron chi connectivity index (χ3n) is 2.69. The zero-order chi connectivity index (χ0) is 13.8. The third kappa shape index (κ3) is 3.64. The average Bonchev–Trinajstić information content (AvgIpc) is 2.73. The summed E-state index contributed by atoms with van der Waals surface area (Å²) in [7, 11) is 0. The van der Waals surface area contributed by atoms with E-state index in [1.54, 1.807) is 6.92 Å². The lowest BCUT2D eigenvalue weighted by molar-refractivity contribution is 0.0953.